The number of para-hydroxylation sites is 1. The highest BCUT2D eigenvalue weighted by molar-refractivity contribution is 7.90. The fourth-order valence-electron chi connectivity index (χ4n) is 3.01. The predicted octanol–water partition coefficient (Wildman–Crippen LogP) is 3.24. The van der Waals surface area contributed by atoms with Crippen molar-refractivity contribution in [1.82, 2.24) is 8.87 Å². The Morgan fingerprint density at radius 2 is 1.48 bits per heavy atom. The van der Waals surface area contributed by atoms with Gasteiger partial charge in [0.25, 0.3) is 10.0 Å². The lowest BCUT2D eigenvalue weighted by Gasteiger charge is -2.19. The number of carbonyl (C=O) groups is 2. The molecule has 27 heavy (non-hydrogen) atoms. The molecule has 0 aliphatic heterocycles. The van der Waals surface area contributed by atoms with Gasteiger partial charge in [-0.25, -0.2) is 12.4 Å². The number of carbonyl (C=O) groups excluding carboxylic acids is 2. The standard InChI is InChI=1S/C20H18N2O4S/c1-14(22(15(2)23)16(3)24)19-13-21(20-12-8-7-11-18(19)20)27(25,26)17-9-5-4-6-10-17/h4-13H,1H2,2-3H3. The van der Waals surface area contributed by atoms with Crippen LogP contribution in [0.3, 0.4) is 0 Å². The van der Waals surface area contributed by atoms with Gasteiger partial charge >= 0.3 is 0 Å². The number of aromatic nitrogens is 1. The Balaban J connectivity index is 2.26. The number of rotatable bonds is 4. The summed E-state index contributed by atoms with van der Waals surface area (Å²) < 4.78 is 27.4. The van der Waals surface area contributed by atoms with Gasteiger partial charge in [0.05, 0.1) is 16.1 Å². The van der Waals surface area contributed by atoms with E-state index in [1.165, 1.54) is 32.2 Å². The van der Waals surface area contributed by atoms with Crippen LogP contribution < -0.4 is 0 Å². The summed E-state index contributed by atoms with van der Waals surface area (Å²) in [5.74, 6) is -0.981. The van der Waals surface area contributed by atoms with E-state index >= 15 is 0 Å². The first-order valence-corrected chi connectivity index (χ1v) is 9.60. The van der Waals surface area contributed by atoms with E-state index in [9.17, 15) is 18.0 Å². The van der Waals surface area contributed by atoms with Crippen molar-refractivity contribution in [3.63, 3.8) is 0 Å². The first kappa shape index (κ1) is 18.6. The van der Waals surface area contributed by atoms with Gasteiger partial charge in [-0.2, -0.15) is 0 Å². The maximum Gasteiger partial charge on any atom is 0.268 e. The summed E-state index contributed by atoms with van der Waals surface area (Å²) in [7, 11) is -3.86. The molecule has 3 aromatic rings. The molecule has 0 N–H and O–H groups in total. The van der Waals surface area contributed by atoms with Gasteiger partial charge in [-0.15, -0.1) is 0 Å². The van der Waals surface area contributed by atoms with Crippen LogP contribution in [0.4, 0.5) is 0 Å². The highest BCUT2D eigenvalue weighted by atomic mass is 32.2. The summed E-state index contributed by atoms with van der Waals surface area (Å²) >= 11 is 0. The molecule has 138 valence electrons. The molecule has 0 fully saturated rings. The number of amides is 2. The zero-order valence-electron chi connectivity index (χ0n) is 14.9. The normalized spacial score (nSPS) is 11.3. The smallest absolute Gasteiger partial charge is 0.268 e. The third kappa shape index (κ3) is 3.17. The molecule has 0 radical (unpaired) electrons. The first-order valence-electron chi connectivity index (χ1n) is 8.16. The number of fused-ring (bicyclic) bond motifs is 1. The number of nitrogens with zero attached hydrogens (tertiary/aromatic N) is 2. The molecule has 1 aromatic heterocycles. The number of imide groups is 1. The largest absolute Gasteiger partial charge is 0.274 e. The Labute approximate surface area is 157 Å². The van der Waals surface area contributed by atoms with Crippen LogP contribution in [0.25, 0.3) is 16.6 Å². The van der Waals surface area contributed by atoms with Gasteiger partial charge in [-0.05, 0) is 18.2 Å². The van der Waals surface area contributed by atoms with Crippen LogP contribution in [-0.4, -0.2) is 29.1 Å². The monoisotopic (exact) mass is 382 g/mol. The summed E-state index contributed by atoms with van der Waals surface area (Å²) in [6.45, 7) is 6.37. The fraction of sp³-hybridized carbons (Fsp3) is 0.100. The lowest BCUT2D eigenvalue weighted by molar-refractivity contribution is -0.137. The van der Waals surface area contributed by atoms with Gasteiger partial charge in [0, 0.05) is 31.0 Å². The van der Waals surface area contributed by atoms with Gasteiger partial charge in [-0.1, -0.05) is 43.0 Å². The van der Waals surface area contributed by atoms with Crippen LogP contribution in [0.2, 0.25) is 0 Å². The van der Waals surface area contributed by atoms with Crippen molar-refractivity contribution in [2.75, 3.05) is 0 Å². The molecule has 0 aliphatic rings. The van der Waals surface area contributed by atoms with Gasteiger partial charge in [0.2, 0.25) is 11.8 Å². The molecule has 0 saturated carbocycles. The van der Waals surface area contributed by atoms with Gasteiger partial charge in [-0.3, -0.25) is 14.5 Å². The van der Waals surface area contributed by atoms with Gasteiger partial charge in [0.1, 0.15) is 0 Å². The molecule has 0 saturated heterocycles. The highest BCUT2D eigenvalue weighted by Gasteiger charge is 2.25. The Morgan fingerprint density at radius 1 is 0.926 bits per heavy atom. The summed E-state index contributed by atoms with van der Waals surface area (Å²) in [6, 6.07) is 14.9. The van der Waals surface area contributed by atoms with Crippen LogP contribution in [0.5, 0.6) is 0 Å². The van der Waals surface area contributed by atoms with E-state index in [-0.39, 0.29) is 10.6 Å². The minimum absolute atomic E-state index is 0.133. The van der Waals surface area contributed by atoms with E-state index in [1.807, 2.05) is 0 Å². The molecular weight excluding hydrogens is 364 g/mol. The third-order valence-corrected chi connectivity index (χ3v) is 5.88. The number of hydrogen-bond donors (Lipinski definition) is 0. The molecule has 6 nitrogen and oxygen atoms in total. The van der Waals surface area contributed by atoms with Crippen molar-refractivity contribution in [1.29, 1.82) is 0 Å². The van der Waals surface area contributed by atoms with Crippen molar-refractivity contribution in [3.05, 3.63) is 72.9 Å². The van der Waals surface area contributed by atoms with Crippen LogP contribution in [0.1, 0.15) is 19.4 Å². The zero-order chi connectivity index (χ0) is 19.8. The van der Waals surface area contributed by atoms with Crippen LogP contribution in [0, 0.1) is 0 Å². The molecule has 0 bridgehead atoms. The van der Waals surface area contributed by atoms with Crippen molar-refractivity contribution in [2.24, 2.45) is 0 Å². The van der Waals surface area contributed by atoms with E-state index in [2.05, 4.69) is 6.58 Å². The Kier molecular flexibility index (Phi) is 4.72. The molecule has 0 spiro atoms. The molecule has 7 heteroatoms. The molecule has 2 aromatic carbocycles. The number of benzene rings is 2. The van der Waals surface area contributed by atoms with E-state index in [4.69, 9.17) is 0 Å². The quantitative estimate of drug-likeness (QED) is 0.694. The van der Waals surface area contributed by atoms with Crippen LogP contribution >= 0.6 is 0 Å². The van der Waals surface area contributed by atoms with E-state index in [1.54, 1.807) is 42.5 Å². The molecule has 3 rings (SSSR count). The summed E-state index contributed by atoms with van der Waals surface area (Å²) in [5.41, 5.74) is 0.966. The second kappa shape index (κ2) is 6.85. The predicted molar refractivity (Wildman–Crippen MR) is 103 cm³/mol. The Bertz CT molecular complexity index is 1150. The lowest BCUT2D eigenvalue weighted by atomic mass is 10.1. The van der Waals surface area contributed by atoms with Crippen molar-refractivity contribution >= 4 is 38.4 Å². The van der Waals surface area contributed by atoms with E-state index in [0.29, 0.717) is 16.5 Å². The van der Waals surface area contributed by atoms with E-state index < -0.39 is 21.8 Å². The Morgan fingerprint density at radius 3 is 2.07 bits per heavy atom. The molecule has 0 aliphatic carbocycles. The molecule has 2 amide bonds. The van der Waals surface area contributed by atoms with Gasteiger partial charge in [0.15, 0.2) is 0 Å². The van der Waals surface area contributed by atoms with Crippen molar-refractivity contribution in [3.8, 4) is 0 Å². The summed E-state index contributed by atoms with van der Waals surface area (Å²) in [5, 5.41) is 0.578. The molecular formula is C20H18N2O4S. The van der Waals surface area contributed by atoms with Gasteiger partial charge < -0.3 is 0 Å². The van der Waals surface area contributed by atoms with Crippen LogP contribution in [0.15, 0.2) is 72.3 Å². The minimum atomic E-state index is -3.86. The topological polar surface area (TPSA) is 76.5 Å². The van der Waals surface area contributed by atoms with E-state index in [0.717, 1.165) is 8.87 Å². The molecule has 0 atom stereocenters. The Hall–Kier alpha value is -3.19. The number of hydrogen-bond acceptors (Lipinski definition) is 4. The third-order valence-electron chi connectivity index (χ3n) is 4.19. The summed E-state index contributed by atoms with van der Waals surface area (Å²) in [4.78, 5) is 24.8. The molecule has 0 unspecified atom stereocenters. The van der Waals surface area contributed by atoms with Crippen molar-refractivity contribution < 1.29 is 18.0 Å². The zero-order valence-corrected chi connectivity index (χ0v) is 15.7. The average molecular weight is 382 g/mol. The fourth-order valence-corrected chi connectivity index (χ4v) is 4.40. The minimum Gasteiger partial charge on any atom is -0.274 e. The average Bonchev–Trinajstić information content (AvgIpc) is 3.02. The maximum atomic E-state index is 13.1. The SMILES string of the molecule is C=C(c1cn(S(=O)(=O)c2ccccc2)c2ccccc12)N(C(C)=O)C(C)=O. The molecule has 1 heterocycles. The first-order chi connectivity index (χ1) is 12.7. The lowest BCUT2D eigenvalue weighted by Crippen LogP contribution is -2.31. The maximum absolute atomic E-state index is 13.1. The van der Waals surface area contributed by atoms with Crippen LogP contribution in [-0.2, 0) is 19.6 Å². The highest BCUT2D eigenvalue weighted by Crippen LogP contribution is 2.31. The van der Waals surface area contributed by atoms with Crippen molar-refractivity contribution in [2.45, 2.75) is 18.7 Å². The summed E-state index contributed by atoms with van der Waals surface area (Å²) in [6.07, 6.45) is 1.40. The second-order valence-electron chi connectivity index (χ2n) is 5.99. The second-order valence-corrected chi connectivity index (χ2v) is 7.81.